The number of carbonyl (C=O) groups is 1. The predicted octanol–water partition coefficient (Wildman–Crippen LogP) is 1.70. The lowest BCUT2D eigenvalue weighted by molar-refractivity contribution is -0.170. The summed E-state index contributed by atoms with van der Waals surface area (Å²) in [6.45, 7) is 1.66. The standard InChI is InChI=1S/C11H16ClN2O3S/c1-8(11(15)14(2)17-3)13-18(16)10-6-4-9(12)5-7-10/h4-8,13,16H,1-3H3/q+1. The van der Waals surface area contributed by atoms with Gasteiger partial charge in [0, 0.05) is 24.2 Å². The first-order chi connectivity index (χ1) is 8.45. The van der Waals surface area contributed by atoms with E-state index in [-0.39, 0.29) is 5.91 Å². The second-order valence-electron chi connectivity index (χ2n) is 3.60. The van der Waals surface area contributed by atoms with E-state index in [2.05, 4.69) is 4.72 Å². The van der Waals surface area contributed by atoms with Crippen molar-refractivity contribution in [2.24, 2.45) is 0 Å². The highest BCUT2D eigenvalue weighted by atomic mass is 35.5. The Kier molecular flexibility index (Phi) is 5.90. The van der Waals surface area contributed by atoms with Gasteiger partial charge in [-0.05, 0) is 19.1 Å². The van der Waals surface area contributed by atoms with Crippen LogP contribution in [-0.2, 0) is 21.0 Å². The smallest absolute Gasteiger partial charge is 0.275 e. The van der Waals surface area contributed by atoms with Gasteiger partial charge in [0.1, 0.15) is 6.04 Å². The van der Waals surface area contributed by atoms with Gasteiger partial charge in [0.25, 0.3) is 17.3 Å². The number of hydrogen-bond acceptors (Lipinski definition) is 4. The van der Waals surface area contributed by atoms with Gasteiger partial charge >= 0.3 is 0 Å². The summed E-state index contributed by atoms with van der Waals surface area (Å²) in [5.41, 5.74) is 0. The molecule has 18 heavy (non-hydrogen) atoms. The molecular formula is C11H16ClN2O3S+. The van der Waals surface area contributed by atoms with E-state index in [0.29, 0.717) is 9.92 Å². The molecule has 0 bridgehead atoms. The molecule has 2 N–H and O–H groups in total. The van der Waals surface area contributed by atoms with Gasteiger partial charge in [-0.15, -0.1) is 0 Å². The molecule has 0 radical (unpaired) electrons. The molecule has 0 saturated carbocycles. The highest BCUT2D eigenvalue weighted by molar-refractivity contribution is 7.89. The van der Waals surface area contributed by atoms with E-state index < -0.39 is 17.4 Å². The number of rotatable bonds is 5. The summed E-state index contributed by atoms with van der Waals surface area (Å²) < 4.78 is 12.7. The Morgan fingerprint density at radius 3 is 2.56 bits per heavy atom. The fourth-order valence-corrected chi connectivity index (χ4v) is 2.30. The van der Waals surface area contributed by atoms with Gasteiger partial charge in [-0.2, -0.15) is 4.55 Å². The fourth-order valence-electron chi connectivity index (χ4n) is 1.21. The number of halogens is 1. The molecular weight excluding hydrogens is 276 g/mol. The van der Waals surface area contributed by atoms with Crippen LogP contribution in [0.1, 0.15) is 6.92 Å². The zero-order chi connectivity index (χ0) is 13.7. The normalized spacial score (nSPS) is 14.1. The minimum absolute atomic E-state index is 0.266. The predicted molar refractivity (Wildman–Crippen MR) is 72.1 cm³/mol. The second kappa shape index (κ2) is 6.96. The summed E-state index contributed by atoms with van der Waals surface area (Å²) in [5.74, 6) is -0.266. The van der Waals surface area contributed by atoms with Crippen LogP contribution >= 0.6 is 11.6 Å². The minimum atomic E-state index is -1.22. The van der Waals surface area contributed by atoms with Gasteiger partial charge in [0.05, 0.1) is 7.11 Å². The van der Waals surface area contributed by atoms with Crippen LogP contribution in [-0.4, -0.2) is 35.7 Å². The van der Waals surface area contributed by atoms with Crippen molar-refractivity contribution < 1.29 is 14.2 Å². The van der Waals surface area contributed by atoms with Crippen molar-refractivity contribution in [1.82, 2.24) is 9.79 Å². The Balaban J connectivity index is 2.61. The molecule has 0 spiro atoms. The van der Waals surface area contributed by atoms with Crippen molar-refractivity contribution in [3.05, 3.63) is 29.3 Å². The molecule has 0 fully saturated rings. The lowest BCUT2D eigenvalue weighted by atomic mass is 10.3. The van der Waals surface area contributed by atoms with Gasteiger partial charge in [-0.1, -0.05) is 16.3 Å². The summed E-state index contributed by atoms with van der Waals surface area (Å²) >= 11 is 4.53. The lowest BCUT2D eigenvalue weighted by Crippen LogP contribution is -2.44. The molecule has 5 nitrogen and oxygen atoms in total. The Labute approximate surface area is 114 Å². The summed E-state index contributed by atoms with van der Waals surface area (Å²) in [5, 5.41) is 1.70. The molecule has 0 aliphatic carbocycles. The first-order valence-corrected chi connectivity index (χ1v) is 6.78. The molecule has 1 aromatic carbocycles. The van der Waals surface area contributed by atoms with E-state index in [1.54, 1.807) is 31.2 Å². The maximum absolute atomic E-state index is 11.7. The summed E-state index contributed by atoms with van der Waals surface area (Å²) in [6, 6.07) is 6.22. The third kappa shape index (κ3) is 4.15. The molecule has 2 atom stereocenters. The molecule has 7 heteroatoms. The number of benzene rings is 1. The van der Waals surface area contributed by atoms with Crippen molar-refractivity contribution in [2.45, 2.75) is 17.9 Å². The quantitative estimate of drug-likeness (QED) is 0.640. The molecule has 1 amide bonds. The van der Waals surface area contributed by atoms with Gasteiger partial charge in [-0.3, -0.25) is 9.63 Å². The van der Waals surface area contributed by atoms with Gasteiger partial charge in [0.2, 0.25) is 4.90 Å². The van der Waals surface area contributed by atoms with Crippen molar-refractivity contribution in [3.8, 4) is 0 Å². The van der Waals surface area contributed by atoms with Crippen molar-refractivity contribution in [3.63, 3.8) is 0 Å². The zero-order valence-corrected chi connectivity index (χ0v) is 12.0. The first kappa shape index (κ1) is 15.3. The lowest BCUT2D eigenvalue weighted by Gasteiger charge is -2.17. The van der Waals surface area contributed by atoms with Crippen LogP contribution in [0.4, 0.5) is 0 Å². The topological polar surface area (TPSA) is 61.8 Å². The Morgan fingerprint density at radius 2 is 2.06 bits per heavy atom. The van der Waals surface area contributed by atoms with Crippen LogP contribution in [0.5, 0.6) is 0 Å². The van der Waals surface area contributed by atoms with E-state index in [1.807, 2.05) is 0 Å². The number of amides is 1. The van der Waals surface area contributed by atoms with Crippen LogP contribution in [0, 0.1) is 0 Å². The fraction of sp³-hybridized carbons (Fsp3) is 0.364. The van der Waals surface area contributed by atoms with E-state index in [4.69, 9.17) is 16.4 Å². The highest BCUT2D eigenvalue weighted by Crippen LogP contribution is 2.14. The zero-order valence-electron chi connectivity index (χ0n) is 10.4. The van der Waals surface area contributed by atoms with Crippen molar-refractivity contribution in [2.75, 3.05) is 14.2 Å². The molecule has 100 valence electrons. The first-order valence-electron chi connectivity index (χ1n) is 5.22. The van der Waals surface area contributed by atoms with Crippen LogP contribution in [0.3, 0.4) is 0 Å². The SMILES string of the molecule is CON(C)C(=O)C(C)N[S+](O)c1ccc(Cl)cc1. The molecule has 0 saturated heterocycles. The van der Waals surface area contributed by atoms with Crippen LogP contribution < -0.4 is 4.72 Å². The molecule has 2 unspecified atom stereocenters. The number of nitrogens with zero attached hydrogens (tertiary/aromatic N) is 1. The van der Waals surface area contributed by atoms with E-state index in [0.717, 1.165) is 5.06 Å². The third-order valence-corrected chi connectivity index (χ3v) is 3.83. The largest absolute Gasteiger partial charge is 0.276 e. The van der Waals surface area contributed by atoms with E-state index in [1.165, 1.54) is 14.2 Å². The third-order valence-electron chi connectivity index (χ3n) is 2.28. The minimum Gasteiger partial charge on any atom is -0.275 e. The number of hydrogen-bond donors (Lipinski definition) is 2. The summed E-state index contributed by atoms with van der Waals surface area (Å²) in [4.78, 5) is 17.2. The Bertz CT molecular complexity index is 402. The highest BCUT2D eigenvalue weighted by Gasteiger charge is 2.28. The summed E-state index contributed by atoms with van der Waals surface area (Å²) in [6.07, 6.45) is 0. The molecule has 0 aliphatic rings. The van der Waals surface area contributed by atoms with Crippen molar-refractivity contribution in [1.29, 1.82) is 0 Å². The average Bonchev–Trinajstić information content (AvgIpc) is 2.37. The molecule has 0 heterocycles. The van der Waals surface area contributed by atoms with Gasteiger partial charge in [0.15, 0.2) is 0 Å². The van der Waals surface area contributed by atoms with Crippen LogP contribution in [0.25, 0.3) is 0 Å². The molecule has 0 aromatic heterocycles. The number of hydroxylamine groups is 2. The Morgan fingerprint density at radius 1 is 1.50 bits per heavy atom. The van der Waals surface area contributed by atoms with E-state index >= 15 is 0 Å². The van der Waals surface area contributed by atoms with E-state index in [9.17, 15) is 9.35 Å². The molecule has 1 rings (SSSR count). The monoisotopic (exact) mass is 291 g/mol. The number of likely N-dealkylation sites (N-methyl/N-ethyl adjacent to an activating group) is 1. The Hall–Kier alpha value is -0.790. The van der Waals surface area contributed by atoms with Gasteiger partial charge < -0.3 is 0 Å². The molecule has 1 aromatic rings. The number of carbonyl (C=O) groups excluding carboxylic acids is 1. The maximum atomic E-state index is 11.7. The summed E-state index contributed by atoms with van der Waals surface area (Å²) in [7, 11) is 2.92. The van der Waals surface area contributed by atoms with Crippen LogP contribution in [0.15, 0.2) is 29.2 Å². The maximum Gasteiger partial charge on any atom is 0.276 e. The van der Waals surface area contributed by atoms with Gasteiger partial charge in [-0.25, -0.2) is 5.06 Å². The second-order valence-corrected chi connectivity index (χ2v) is 5.31. The van der Waals surface area contributed by atoms with Crippen LogP contribution in [0.2, 0.25) is 5.02 Å². The number of nitrogens with one attached hydrogen (secondary N) is 1. The molecule has 0 aliphatic heterocycles. The average molecular weight is 292 g/mol. The van der Waals surface area contributed by atoms with Crippen molar-refractivity contribution >= 4 is 28.9 Å².